The molecule has 0 spiro atoms. The summed E-state index contributed by atoms with van der Waals surface area (Å²) < 4.78 is 0. The van der Waals surface area contributed by atoms with Gasteiger partial charge in [0.25, 0.3) is 0 Å². The topological polar surface area (TPSA) is 86.8 Å². The summed E-state index contributed by atoms with van der Waals surface area (Å²) in [6.45, 7) is 6.75. The normalized spacial score (nSPS) is 16.7. The fraction of sp³-hybridized carbons (Fsp3) is 0.722. The molecule has 1 aliphatic heterocycles. The van der Waals surface area contributed by atoms with Crippen molar-refractivity contribution in [2.75, 3.05) is 40.3 Å². The summed E-state index contributed by atoms with van der Waals surface area (Å²) in [5.74, 6) is 0.836. The van der Waals surface area contributed by atoms with Gasteiger partial charge in [-0.25, -0.2) is 4.98 Å². The smallest absolute Gasteiger partial charge is 0.220 e. The molecule has 1 aromatic rings. The number of carbonyl (C=O) groups excluding carboxylic acids is 1. The number of hydrogen-bond donors (Lipinski definition) is 2. The van der Waals surface area contributed by atoms with Crippen LogP contribution < -0.4 is 11.1 Å². The second-order valence-corrected chi connectivity index (χ2v) is 7.98. The van der Waals surface area contributed by atoms with Crippen molar-refractivity contribution in [3.05, 3.63) is 16.1 Å². The minimum atomic E-state index is -0.142. The van der Waals surface area contributed by atoms with Gasteiger partial charge in [0.15, 0.2) is 5.96 Å². The van der Waals surface area contributed by atoms with Gasteiger partial charge in [-0.3, -0.25) is 9.79 Å². The van der Waals surface area contributed by atoms with Crippen LogP contribution in [0.5, 0.6) is 0 Å². The van der Waals surface area contributed by atoms with Crippen molar-refractivity contribution < 1.29 is 4.79 Å². The number of guanidine groups is 1. The number of nitrogens with zero attached hydrogens (tertiary/aromatic N) is 4. The van der Waals surface area contributed by atoms with Crippen LogP contribution in [-0.4, -0.2) is 66.9 Å². The van der Waals surface area contributed by atoms with E-state index in [-0.39, 0.29) is 11.8 Å². The number of aliphatic imine (C=N–C) groups is 1. The first-order chi connectivity index (χ1) is 12.5. The molecule has 0 atom stereocenters. The highest BCUT2D eigenvalue weighted by Crippen LogP contribution is 2.16. The summed E-state index contributed by atoms with van der Waals surface area (Å²) in [7, 11) is 3.85. The second kappa shape index (κ2) is 10.5. The monoisotopic (exact) mass is 380 g/mol. The number of aromatic nitrogens is 1. The highest BCUT2D eigenvalue weighted by molar-refractivity contribution is 7.09. The molecule has 7 nitrogen and oxygen atoms in total. The number of likely N-dealkylation sites (tertiary alicyclic amines) is 1. The molecule has 1 aromatic heterocycles. The first-order valence-electron chi connectivity index (χ1n) is 9.34. The zero-order valence-corrected chi connectivity index (χ0v) is 17.0. The van der Waals surface area contributed by atoms with Crippen LogP contribution in [0.3, 0.4) is 0 Å². The first-order valence-corrected chi connectivity index (χ1v) is 10.2. The molecule has 8 heteroatoms. The molecule has 0 aromatic carbocycles. The Bertz CT molecular complexity index is 594. The number of primary amides is 1. The van der Waals surface area contributed by atoms with E-state index in [9.17, 15) is 4.79 Å². The summed E-state index contributed by atoms with van der Waals surface area (Å²) in [5.41, 5.74) is 6.46. The quantitative estimate of drug-likeness (QED) is 0.405. The van der Waals surface area contributed by atoms with Gasteiger partial charge < -0.3 is 20.9 Å². The van der Waals surface area contributed by atoms with Crippen LogP contribution in [0.25, 0.3) is 0 Å². The zero-order valence-electron chi connectivity index (χ0n) is 16.2. The number of amides is 1. The van der Waals surface area contributed by atoms with E-state index in [1.54, 1.807) is 11.3 Å². The largest absolute Gasteiger partial charge is 0.369 e. The van der Waals surface area contributed by atoms with E-state index in [2.05, 4.69) is 30.5 Å². The first kappa shape index (κ1) is 20.6. The highest BCUT2D eigenvalue weighted by Gasteiger charge is 2.22. The molecule has 2 heterocycles. The van der Waals surface area contributed by atoms with Crippen molar-refractivity contribution in [2.45, 2.75) is 39.2 Å². The van der Waals surface area contributed by atoms with Gasteiger partial charge in [0.2, 0.25) is 5.91 Å². The molecule has 26 heavy (non-hydrogen) atoms. The Morgan fingerprint density at radius 1 is 1.46 bits per heavy atom. The Hall–Kier alpha value is -1.67. The van der Waals surface area contributed by atoms with E-state index in [4.69, 9.17) is 5.73 Å². The Morgan fingerprint density at radius 3 is 2.77 bits per heavy atom. The molecule has 1 fully saturated rings. The number of hydrogen-bond acceptors (Lipinski definition) is 5. The van der Waals surface area contributed by atoms with E-state index >= 15 is 0 Å². The summed E-state index contributed by atoms with van der Waals surface area (Å²) in [4.78, 5) is 24.6. The lowest BCUT2D eigenvalue weighted by atomic mass is 9.96. The third-order valence-corrected chi connectivity index (χ3v) is 5.64. The number of rotatable bonds is 8. The molecule has 0 unspecified atom stereocenters. The number of nitrogens with two attached hydrogens (primary N) is 1. The summed E-state index contributed by atoms with van der Waals surface area (Å²) in [6.07, 6.45) is 4.04. The average molecular weight is 381 g/mol. The van der Waals surface area contributed by atoms with Crippen molar-refractivity contribution in [1.29, 1.82) is 0 Å². The molecule has 0 saturated carbocycles. The van der Waals surface area contributed by atoms with Crippen LogP contribution in [-0.2, 0) is 11.3 Å². The van der Waals surface area contributed by atoms with Gasteiger partial charge in [-0.1, -0.05) is 0 Å². The predicted molar refractivity (Wildman–Crippen MR) is 107 cm³/mol. The Morgan fingerprint density at radius 2 is 2.19 bits per heavy atom. The summed E-state index contributed by atoms with van der Waals surface area (Å²) in [6, 6.07) is 0. The van der Waals surface area contributed by atoms with Crippen molar-refractivity contribution in [1.82, 2.24) is 20.1 Å². The fourth-order valence-corrected chi connectivity index (χ4v) is 3.89. The standard InChI is InChI=1S/C18H32N6OS/c1-14-22-16(13-26-14)12-23(3)18(20-2)21-8-4-5-9-24-10-6-15(7-11-24)17(19)25/h13,15H,4-12H2,1-3H3,(H2,19,25)(H,20,21). The third-order valence-electron chi connectivity index (χ3n) is 4.81. The molecular weight excluding hydrogens is 348 g/mol. The molecule has 2 rings (SSSR count). The van der Waals surface area contributed by atoms with Gasteiger partial charge in [-0.05, 0) is 52.2 Å². The van der Waals surface area contributed by atoms with Crippen molar-refractivity contribution in [3.63, 3.8) is 0 Å². The van der Waals surface area contributed by atoms with Crippen LogP contribution in [0.1, 0.15) is 36.4 Å². The fourth-order valence-electron chi connectivity index (χ4n) is 3.29. The Labute approximate surface area is 160 Å². The minimum absolute atomic E-state index is 0.0771. The Kier molecular flexibility index (Phi) is 8.31. The van der Waals surface area contributed by atoms with Gasteiger partial charge in [-0.2, -0.15) is 0 Å². The lowest BCUT2D eigenvalue weighted by Gasteiger charge is -2.30. The van der Waals surface area contributed by atoms with Gasteiger partial charge in [-0.15, -0.1) is 11.3 Å². The number of unbranched alkanes of at least 4 members (excludes halogenated alkanes) is 1. The van der Waals surface area contributed by atoms with E-state index in [0.717, 1.165) is 75.1 Å². The van der Waals surface area contributed by atoms with Crippen LogP contribution >= 0.6 is 11.3 Å². The molecule has 1 amide bonds. The lowest BCUT2D eigenvalue weighted by molar-refractivity contribution is -0.123. The zero-order chi connectivity index (χ0) is 18.9. The maximum atomic E-state index is 11.2. The predicted octanol–water partition coefficient (Wildman–Crippen LogP) is 1.44. The van der Waals surface area contributed by atoms with Gasteiger partial charge in [0.1, 0.15) is 0 Å². The Balaban J connectivity index is 1.60. The van der Waals surface area contributed by atoms with Gasteiger partial charge >= 0.3 is 0 Å². The molecule has 0 radical (unpaired) electrons. The van der Waals surface area contributed by atoms with Crippen molar-refractivity contribution >= 4 is 23.2 Å². The molecule has 1 saturated heterocycles. The van der Waals surface area contributed by atoms with E-state index in [1.165, 1.54) is 0 Å². The van der Waals surface area contributed by atoms with Crippen molar-refractivity contribution in [3.8, 4) is 0 Å². The highest BCUT2D eigenvalue weighted by atomic mass is 32.1. The minimum Gasteiger partial charge on any atom is -0.369 e. The maximum Gasteiger partial charge on any atom is 0.220 e. The van der Waals surface area contributed by atoms with E-state index in [1.807, 2.05) is 21.0 Å². The second-order valence-electron chi connectivity index (χ2n) is 6.91. The maximum absolute atomic E-state index is 11.2. The van der Waals surface area contributed by atoms with Crippen molar-refractivity contribution in [2.24, 2.45) is 16.6 Å². The molecular formula is C18H32N6OS. The number of carbonyl (C=O) groups is 1. The average Bonchev–Trinajstić information content (AvgIpc) is 3.03. The van der Waals surface area contributed by atoms with Crippen LogP contribution in [0.4, 0.5) is 0 Å². The van der Waals surface area contributed by atoms with Crippen LogP contribution in [0.2, 0.25) is 0 Å². The van der Waals surface area contributed by atoms with E-state index < -0.39 is 0 Å². The molecule has 0 bridgehead atoms. The summed E-state index contributed by atoms with van der Waals surface area (Å²) >= 11 is 1.68. The summed E-state index contributed by atoms with van der Waals surface area (Å²) in [5, 5.41) is 6.62. The number of aryl methyl sites for hydroxylation is 1. The number of thiazole rings is 1. The molecule has 146 valence electrons. The molecule has 0 aliphatic carbocycles. The number of nitrogens with one attached hydrogen (secondary N) is 1. The third kappa shape index (κ3) is 6.57. The van der Waals surface area contributed by atoms with Crippen LogP contribution in [0.15, 0.2) is 10.4 Å². The van der Waals surface area contributed by atoms with Crippen LogP contribution in [0, 0.1) is 12.8 Å². The SMILES string of the molecule is CN=C(NCCCCN1CCC(C(N)=O)CC1)N(C)Cc1csc(C)n1. The number of piperidine rings is 1. The van der Waals surface area contributed by atoms with Gasteiger partial charge in [0.05, 0.1) is 17.2 Å². The van der Waals surface area contributed by atoms with Gasteiger partial charge in [0, 0.05) is 31.9 Å². The van der Waals surface area contributed by atoms with E-state index in [0.29, 0.717) is 0 Å². The lowest BCUT2D eigenvalue weighted by Crippen LogP contribution is -2.40. The molecule has 1 aliphatic rings. The molecule has 3 N–H and O–H groups in total.